The molecule has 4 N–H and O–H groups in total. The summed E-state index contributed by atoms with van der Waals surface area (Å²) in [6, 6.07) is 0.570. The summed E-state index contributed by atoms with van der Waals surface area (Å²) in [5.41, 5.74) is 2.59. The first kappa shape index (κ1) is 13.2. The molecule has 1 fully saturated rings. The van der Waals surface area contributed by atoms with E-state index in [2.05, 4.69) is 27.7 Å². The van der Waals surface area contributed by atoms with Crippen molar-refractivity contribution in [2.75, 3.05) is 40.4 Å². The number of ether oxygens (including phenoxy) is 1. The lowest BCUT2D eigenvalue weighted by molar-refractivity contribution is 0.163. The Morgan fingerprint density at radius 2 is 2.25 bits per heavy atom. The molecule has 6 nitrogen and oxygen atoms in total. The third kappa shape index (κ3) is 5.89. The largest absolute Gasteiger partial charge is 0.383 e. The molecule has 0 aromatic rings. The van der Waals surface area contributed by atoms with Crippen LogP contribution in [0.1, 0.15) is 12.8 Å². The Bertz CT molecular complexity index is 217. The van der Waals surface area contributed by atoms with Gasteiger partial charge in [0.15, 0.2) is 0 Å². The second kappa shape index (κ2) is 7.43. The van der Waals surface area contributed by atoms with E-state index in [1.807, 2.05) is 0 Å². The Labute approximate surface area is 97.2 Å². The molecule has 0 radical (unpaired) electrons. The molecule has 94 valence electrons. The first-order valence-electron chi connectivity index (χ1n) is 5.71. The highest BCUT2D eigenvalue weighted by molar-refractivity contribution is 5.79. The summed E-state index contributed by atoms with van der Waals surface area (Å²) in [4.78, 5) is 6.54. The summed E-state index contributed by atoms with van der Waals surface area (Å²) in [5, 5.41) is 3.23. The molecule has 0 spiro atoms. The molecule has 0 amide bonds. The zero-order valence-corrected chi connectivity index (χ0v) is 10.2. The van der Waals surface area contributed by atoms with Gasteiger partial charge in [-0.15, -0.1) is 0 Å². The maximum atomic E-state index is 5.37. The van der Waals surface area contributed by atoms with Gasteiger partial charge in [0.05, 0.1) is 13.2 Å². The Morgan fingerprint density at radius 1 is 1.50 bits per heavy atom. The third-order valence-corrected chi connectivity index (χ3v) is 2.48. The Kier molecular flexibility index (Phi) is 6.14. The highest BCUT2D eigenvalue weighted by Gasteiger charge is 2.21. The standard InChI is InChI=1S/C10H23N5O/c1-15(7-8-16-2)6-5-12-10(14-11)13-9-3-4-9/h9H,3-8,11H2,1-2H3,(H2,12,13,14). The number of rotatable bonds is 7. The first-order chi connectivity index (χ1) is 7.76. The zero-order chi connectivity index (χ0) is 11.8. The smallest absolute Gasteiger partial charge is 0.205 e. The number of likely N-dealkylation sites (N-methyl/N-ethyl adjacent to an activating group) is 1. The van der Waals surface area contributed by atoms with Crippen LogP contribution < -0.4 is 16.6 Å². The molecule has 0 bridgehead atoms. The van der Waals surface area contributed by atoms with Gasteiger partial charge in [0.25, 0.3) is 0 Å². The average Bonchev–Trinajstić information content (AvgIpc) is 3.08. The van der Waals surface area contributed by atoms with Crippen LogP contribution in [-0.4, -0.2) is 57.3 Å². The third-order valence-electron chi connectivity index (χ3n) is 2.48. The van der Waals surface area contributed by atoms with Crippen molar-refractivity contribution >= 4 is 5.96 Å². The monoisotopic (exact) mass is 229 g/mol. The molecule has 0 heterocycles. The number of methoxy groups -OCH3 is 1. The number of hydrogen-bond acceptors (Lipinski definition) is 4. The van der Waals surface area contributed by atoms with Gasteiger partial charge < -0.3 is 15.0 Å². The summed E-state index contributed by atoms with van der Waals surface area (Å²) in [5.74, 6) is 6.07. The Hall–Kier alpha value is -0.850. The van der Waals surface area contributed by atoms with E-state index < -0.39 is 0 Å². The Morgan fingerprint density at radius 3 is 2.81 bits per heavy atom. The number of guanidine groups is 1. The fourth-order valence-corrected chi connectivity index (χ4v) is 1.25. The first-order valence-corrected chi connectivity index (χ1v) is 5.71. The van der Waals surface area contributed by atoms with E-state index in [0.29, 0.717) is 12.0 Å². The lowest BCUT2D eigenvalue weighted by Crippen LogP contribution is -2.43. The van der Waals surface area contributed by atoms with Gasteiger partial charge >= 0.3 is 0 Å². The van der Waals surface area contributed by atoms with Crippen LogP contribution in [0.25, 0.3) is 0 Å². The fraction of sp³-hybridized carbons (Fsp3) is 0.900. The van der Waals surface area contributed by atoms with E-state index in [1.165, 1.54) is 12.8 Å². The SMILES string of the molecule is COCCN(C)CCN=C(NN)NC1CC1. The molecule has 0 unspecified atom stereocenters. The average molecular weight is 229 g/mol. The molecule has 0 aliphatic heterocycles. The topological polar surface area (TPSA) is 74.9 Å². The van der Waals surface area contributed by atoms with Crippen molar-refractivity contribution in [1.29, 1.82) is 0 Å². The van der Waals surface area contributed by atoms with Crippen LogP contribution in [0.4, 0.5) is 0 Å². The second-order valence-electron chi connectivity index (χ2n) is 4.09. The normalized spacial score (nSPS) is 16.6. The van der Waals surface area contributed by atoms with E-state index in [0.717, 1.165) is 26.2 Å². The molecular weight excluding hydrogens is 206 g/mol. The van der Waals surface area contributed by atoms with Crippen LogP contribution in [-0.2, 0) is 4.74 Å². The summed E-state index contributed by atoms with van der Waals surface area (Å²) < 4.78 is 5.00. The molecule has 0 atom stereocenters. The molecule has 0 saturated heterocycles. The molecule has 1 aliphatic carbocycles. The number of hydrazine groups is 1. The lowest BCUT2D eigenvalue weighted by atomic mass is 10.5. The highest BCUT2D eigenvalue weighted by Crippen LogP contribution is 2.18. The summed E-state index contributed by atoms with van der Waals surface area (Å²) in [6.45, 7) is 3.32. The van der Waals surface area contributed by atoms with Gasteiger partial charge in [-0.2, -0.15) is 0 Å². The maximum absolute atomic E-state index is 5.37. The minimum Gasteiger partial charge on any atom is -0.383 e. The van der Waals surface area contributed by atoms with E-state index in [1.54, 1.807) is 7.11 Å². The van der Waals surface area contributed by atoms with Crippen LogP contribution in [0.3, 0.4) is 0 Å². The van der Waals surface area contributed by atoms with E-state index in [-0.39, 0.29) is 0 Å². The molecule has 16 heavy (non-hydrogen) atoms. The summed E-state index contributed by atoms with van der Waals surface area (Å²) in [7, 11) is 3.76. The minimum absolute atomic E-state index is 0.570. The molecule has 0 aromatic carbocycles. The van der Waals surface area contributed by atoms with Gasteiger partial charge in [-0.1, -0.05) is 0 Å². The van der Waals surface area contributed by atoms with E-state index in [4.69, 9.17) is 10.6 Å². The van der Waals surface area contributed by atoms with Crippen LogP contribution in [0.15, 0.2) is 4.99 Å². The van der Waals surface area contributed by atoms with Gasteiger partial charge in [0, 0.05) is 26.2 Å². The molecule has 1 aliphatic rings. The van der Waals surface area contributed by atoms with Crippen molar-refractivity contribution in [2.24, 2.45) is 10.8 Å². The summed E-state index contributed by atoms with van der Waals surface area (Å²) in [6.07, 6.45) is 2.43. The Balaban J connectivity index is 2.11. The zero-order valence-electron chi connectivity index (χ0n) is 10.2. The number of nitrogens with zero attached hydrogens (tertiary/aromatic N) is 2. The van der Waals surface area contributed by atoms with Crippen molar-refractivity contribution in [3.8, 4) is 0 Å². The quantitative estimate of drug-likeness (QED) is 0.229. The molecule has 0 aromatic heterocycles. The van der Waals surface area contributed by atoms with Gasteiger partial charge in [-0.05, 0) is 19.9 Å². The van der Waals surface area contributed by atoms with Crippen LogP contribution in [0, 0.1) is 0 Å². The van der Waals surface area contributed by atoms with Gasteiger partial charge in [0.2, 0.25) is 5.96 Å². The minimum atomic E-state index is 0.570. The maximum Gasteiger partial charge on any atom is 0.205 e. The molecule has 1 rings (SSSR count). The van der Waals surface area contributed by atoms with Gasteiger partial charge in [-0.3, -0.25) is 10.4 Å². The second-order valence-corrected chi connectivity index (χ2v) is 4.09. The van der Waals surface area contributed by atoms with Crippen molar-refractivity contribution in [2.45, 2.75) is 18.9 Å². The number of hydrogen-bond donors (Lipinski definition) is 3. The molecule has 6 heteroatoms. The number of nitrogens with one attached hydrogen (secondary N) is 2. The lowest BCUT2D eigenvalue weighted by Gasteiger charge is -2.15. The van der Waals surface area contributed by atoms with Gasteiger partial charge in [0.1, 0.15) is 0 Å². The highest BCUT2D eigenvalue weighted by atomic mass is 16.5. The fourth-order valence-electron chi connectivity index (χ4n) is 1.25. The number of nitrogens with two attached hydrogens (primary N) is 1. The van der Waals surface area contributed by atoms with Crippen LogP contribution in [0.2, 0.25) is 0 Å². The molecule has 1 saturated carbocycles. The van der Waals surface area contributed by atoms with Crippen molar-refractivity contribution in [3.63, 3.8) is 0 Å². The van der Waals surface area contributed by atoms with E-state index >= 15 is 0 Å². The number of aliphatic imine (C=N–C) groups is 1. The van der Waals surface area contributed by atoms with Crippen molar-refractivity contribution in [3.05, 3.63) is 0 Å². The van der Waals surface area contributed by atoms with E-state index in [9.17, 15) is 0 Å². The predicted octanol–water partition coefficient (Wildman–Crippen LogP) is -0.864. The van der Waals surface area contributed by atoms with Gasteiger partial charge in [-0.25, -0.2) is 5.84 Å². The summed E-state index contributed by atoms with van der Waals surface area (Å²) >= 11 is 0. The van der Waals surface area contributed by atoms with Crippen LogP contribution >= 0.6 is 0 Å². The molecular formula is C10H23N5O. The predicted molar refractivity (Wildman–Crippen MR) is 65.2 cm³/mol. The van der Waals surface area contributed by atoms with Crippen molar-refractivity contribution < 1.29 is 4.74 Å². The van der Waals surface area contributed by atoms with Crippen LogP contribution in [0.5, 0.6) is 0 Å². The van der Waals surface area contributed by atoms with Crippen molar-refractivity contribution in [1.82, 2.24) is 15.6 Å².